The molecule has 0 atom stereocenters. The Balaban J connectivity index is 2.22. The zero-order valence-electron chi connectivity index (χ0n) is 9.11. The van der Waals surface area contributed by atoms with E-state index in [9.17, 15) is 0 Å². The molecule has 0 radical (unpaired) electrons. The van der Waals surface area contributed by atoms with E-state index in [1.54, 1.807) is 42.3 Å². The SMILES string of the molecule is Cn1cc(Oc2cccc(/C(N)=N/O)n2)cn1. The van der Waals surface area contributed by atoms with E-state index in [2.05, 4.69) is 15.2 Å². The van der Waals surface area contributed by atoms with E-state index in [0.29, 0.717) is 17.3 Å². The van der Waals surface area contributed by atoms with Gasteiger partial charge in [-0.3, -0.25) is 4.68 Å². The number of hydrogen-bond donors (Lipinski definition) is 2. The number of oxime groups is 1. The minimum absolute atomic E-state index is 0.0679. The topological polar surface area (TPSA) is 98.5 Å². The van der Waals surface area contributed by atoms with E-state index in [1.807, 2.05) is 0 Å². The number of nitrogens with two attached hydrogens (primary N) is 1. The maximum atomic E-state index is 8.54. The fraction of sp³-hybridized carbons (Fsp3) is 0.100. The van der Waals surface area contributed by atoms with Gasteiger partial charge in [0.1, 0.15) is 5.69 Å². The minimum atomic E-state index is -0.0679. The van der Waals surface area contributed by atoms with Gasteiger partial charge in [0, 0.05) is 13.1 Å². The molecule has 0 amide bonds. The zero-order valence-corrected chi connectivity index (χ0v) is 9.11. The molecule has 0 spiro atoms. The Bertz CT molecular complexity index is 549. The van der Waals surface area contributed by atoms with Gasteiger partial charge in [-0.05, 0) is 6.07 Å². The Morgan fingerprint density at radius 1 is 1.53 bits per heavy atom. The first-order chi connectivity index (χ1) is 8.19. The van der Waals surface area contributed by atoms with Crippen LogP contribution >= 0.6 is 0 Å². The number of nitrogens with zero attached hydrogens (tertiary/aromatic N) is 4. The van der Waals surface area contributed by atoms with E-state index in [4.69, 9.17) is 15.7 Å². The molecule has 0 bridgehead atoms. The third-order valence-corrected chi connectivity index (χ3v) is 2.00. The summed E-state index contributed by atoms with van der Waals surface area (Å²) in [5.41, 5.74) is 5.77. The molecule has 0 aliphatic heterocycles. The molecule has 0 aliphatic rings. The Labute approximate surface area is 97.1 Å². The van der Waals surface area contributed by atoms with Crippen LogP contribution in [0.4, 0.5) is 0 Å². The molecule has 2 aromatic rings. The largest absolute Gasteiger partial charge is 0.436 e. The molecule has 0 unspecified atom stereocenters. The highest BCUT2D eigenvalue weighted by Crippen LogP contribution is 2.17. The second kappa shape index (κ2) is 4.52. The number of pyridine rings is 1. The average molecular weight is 233 g/mol. The smallest absolute Gasteiger partial charge is 0.220 e. The van der Waals surface area contributed by atoms with Crippen LogP contribution in [0.15, 0.2) is 35.7 Å². The molecule has 0 aromatic carbocycles. The summed E-state index contributed by atoms with van der Waals surface area (Å²) in [7, 11) is 1.78. The van der Waals surface area contributed by atoms with Crippen molar-refractivity contribution < 1.29 is 9.94 Å². The number of rotatable bonds is 3. The molecule has 2 aromatic heterocycles. The number of aromatic nitrogens is 3. The van der Waals surface area contributed by atoms with Crippen molar-refractivity contribution in [1.82, 2.24) is 14.8 Å². The van der Waals surface area contributed by atoms with Gasteiger partial charge in [0.2, 0.25) is 5.88 Å². The highest BCUT2D eigenvalue weighted by Gasteiger charge is 2.05. The minimum Gasteiger partial charge on any atom is -0.436 e. The lowest BCUT2D eigenvalue weighted by molar-refractivity contribution is 0.318. The fourth-order valence-corrected chi connectivity index (χ4v) is 1.24. The second-order valence-corrected chi connectivity index (χ2v) is 3.30. The van der Waals surface area contributed by atoms with E-state index in [1.165, 1.54) is 0 Å². The van der Waals surface area contributed by atoms with Crippen LogP contribution in [0.25, 0.3) is 0 Å². The first kappa shape index (κ1) is 10.9. The van der Waals surface area contributed by atoms with Crippen molar-refractivity contribution in [1.29, 1.82) is 0 Å². The molecule has 0 aliphatic carbocycles. The molecule has 7 nitrogen and oxygen atoms in total. The number of hydrogen-bond acceptors (Lipinski definition) is 5. The van der Waals surface area contributed by atoms with E-state index < -0.39 is 0 Å². The van der Waals surface area contributed by atoms with Crippen LogP contribution in [0, 0.1) is 0 Å². The molecule has 3 N–H and O–H groups in total. The third kappa shape index (κ3) is 2.51. The quantitative estimate of drug-likeness (QED) is 0.352. The fourth-order valence-electron chi connectivity index (χ4n) is 1.24. The van der Waals surface area contributed by atoms with Crippen LogP contribution < -0.4 is 10.5 Å². The molecule has 17 heavy (non-hydrogen) atoms. The zero-order chi connectivity index (χ0) is 12.3. The van der Waals surface area contributed by atoms with Crippen LogP contribution in [0.3, 0.4) is 0 Å². The molecule has 0 fully saturated rings. The molecule has 2 rings (SSSR count). The van der Waals surface area contributed by atoms with Crippen molar-refractivity contribution >= 4 is 5.84 Å². The summed E-state index contributed by atoms with van der Waals surface area (Å²) >= 11 is 0. The van der Waals surface area contributed by atoms with Crippen LogP contribution in [-0.2, 0) is 7.05 Å². The lowest BCUT2D eigenvalue weighted by atomic mass is 10.3. The molecule has 0 saturated heterocycles. The maximum absolute atomic E-state index is 8.54. The van der Waals surface area contributed by atoms with Crippen LogP contribution in [-0.4, -0.2) is 25.8 Å². The predicted molar refractivity (Wildman–Crippen MR) is 60.0 cm³/mol. The van der Waals surface area contributed by atoms with Crippen LogP contribution in [0.5, 0.6) is 11.6 Å². The third-order valence-electron chi connectivity index (χ3n) is 2.00. The Hall–Kier alpha value is -2.57. The lowest BCUT2D eigenvalue weighted by Gasteiger charge is -2.03. The Morgan fingerprint density at radius 3 is 3.00 bits per heavy atom. The van der Waals surface area contributed by atoms with Gasteiger partial charge in [0.25, 0.3) is 0 Å². The summed E-state index contributed by atoms with van der Waals surface area (Å²) in [5.74, 6) is 0.848. The Kier molecular flexibility index (Phi) is 2.91. The monoisotopic (exact) mass is 233 g/mol. The summed E-state index contributed by atoms with van der Waals surface area (Å²) in [6.07, 6.45) is 3.27. The molecule has 7 heteroatoms. The molecular formula is C10H11N5O2. The van der Waals surface area contributed by atoms with Gasteiger partial charge in [-0.2, -0.15) is 5.10 Å². The summed E-state index contributed by atoms with van der Waals surface area (Å²) in [4.78, 5) is 4.07. The van der Waals surface area contributed by atoms with Gasteiger partial charge in [-0.1, -0.05) is 11.2 Å². The standard InChI is InChI=1S/C10H11N5O2/c1-15-6-7(5-12-15)17-9-4-2-3-8(13-9)10(11)14-16/h2-6,16H,1H3,(H2,11,14). The van der Waals surface area contributed by atoms with Gasteiger partial charge in [0.05, 0.1) is 12.4 Å². The first-order valence-corrected chi connectivity index (χ1v) is 4.80. The van der Waals surface area contributed by atoms with Gasteiger partial charge < -0.3 is 15.7 Å². The maximum Gasteiger partial charge on any atom is 0.220 e. The highest BCUT2D eigenvalue weighted by molar-refractivity contribution is 5.95. The van der Waals surface area contributed by atoms with Crippen molar-refractivity contribution in [2.45, 2.75) is 0 Å². The summed E-state index contributed by atoms with van der Waals surface area (Å²) in [5, 5.41) is 15.4. The molecule has 88 valence electrons. The number of ether oxygens (including phenoxy) is 1. The van der Waals surface area contributed by atoms with E-state index in [-0.39, 0.29) is 5.84 Å². The summed E-state index contributed by atoms with van der Waals surface area (Å²) < 4.78 is 7.06. The average Bonchev–Trinajstić information content (AvgIpc) is 2.74. The first-order valence-electron chi connectivity index (χ1n) is 4.80. The lowest BCUT2D eigenvalue weighted by Crippen LogP contribution is -2.14. The normalized spacial score (nSPS) is 11.5. The number of amidine groups is 1. The van der Waals surface area contributed by atoms with Crippen molar-refractivity contribution in [3.63, 3.8) is 0 Å². The number of aryl methyl sites for hydroxylation is 1. The predicted octanol–water partition coefficient (Wildman–Crippen LogP) is 0.702. The van der Waals surface area contributed by atoms with Crippen molar-refractivity contribution in [2.75, 3.05) is 0 Å². The van der Waals surface area contributed by atoms with Crippen molar-refractivity contribution in [3.8, 4) is 11.6 Å². The van der Waals surface area contributed by atoms with E-state index in [0.717, 1.165) is 0 Å². The van der Waals surface area contributed by atoms with E-state index >= 15 is 0 Å². The molecular weight excluding hydrogens is 222 g/mol. The summed E-state index contributed by atoms with van der Waals surface area (Å²) in [6, 6.07) is 4.98. The summed E-state index contributed by atoms with van der Waals surface area (Å²) in [6.45, 7) is 0. The molecule has 2 heterocycles. The van der Waals surface area contributed by atoms with Crippen molar-refractivity contribution in [2.24, 2.45) is 17.9 Å². The second-order valence-electron chi connectivity index (χ2n) is 3.30. The van der Waals surface area contributed by atoms with Gasteiger partial charge in [0.15, 0.2) is 11.6 Å². The van der Waals surface area contributed by atoms with Crippen LogP contribution in [0.1, 0.15) is 5.69 Å². The van der Waals surface area contributed by atoms with Gasteiger partial charge in [-0.25, -0.2) is 4.98 Å². The van der Waals surface area contributed by atoms with Gasteiger partial charge in [-0.15, -0.1) is 0 Å². The molecule has 0 saturated carbocycles. The highest BCUT2D eigenvalue weighted by atomic mass is 16.5. The van der Waals surface area contributed by atoms with Crippen molar-refractivity contribution in [3.05, 3.63) is 36.3 Å². The Morgan fingerprint density at radius 2 is 2.35 bits per heavy atom. The van der Waals surface area contributed by atoms with Gasteiger partial charge >= 0.3 is 0 Å². The van der Waals surface area contributed by atoms with Crippen LogP contribution in [0.2, 0.25) is 0 Å².